The van der Waals surface area contributed by atoms with Gasteiger partial charge in [0.2, 0.25) is 5.91 Å². The van der Waals surface area contributed by atoms with Crippen LogP contribution in [-0.2, 0) is 4.79 Å². The molecule has 0 bridgehead atoms. The highest BCUT2D eigenvalue weighted by Crippen LogP contribution is 2.45. The molecule has 0 aromatic heterocycles. The summed E-state index contributed by atoms with van der Waals surface area (Å²) in [7, 11) is 3.30. The molecule has 0 saturated carbocycles. The lowest BCUT2D eigenvalue weighted by atomic mass is 9.91. The Kier molecular flexibility index (Phi) is 4.46. The van der Waals surface area contributed by atoms with Crippen LogP contribution in [0.5, 0.6) is 11.5 Å². The molecular weight excluding hydrogens is 302 g/mol. The molecule has 4 unspecified atom stereocenters. The largest absolute Gasteiger partial charge is 0.497 e. The number of hydrogen-bond donors (Lipinski definition) is 3. The van der Waals surface area contributed by atoms with E-state index in [1.807, 2.05) is 18.2 Å². The number of hydrazine groups is 1. The minimum Gasteiger partial charge on any atom is -0.497 e. The zero-order chi connectivity index (χ0) is 15.7. The highest BCUT2D eigenvalue weighted by molar-refractivity contribution is 8.00. The maximum Gasteiger partial charge on any atom is 0.231 e. The number of hydrogen-bond acceptors (Lipinski definition) is 6. The van der Waals surface area contributed by atoms with Gasteiger partial charge in [0.25, 0.3) is 0 Å². The van der Waals surface area contributed by atoms with Gasteiger partial charge in [0, 0.05) is 28.8 Å². The topological polar surface area (TPSA) is 71.6 Å². The van der Waals surface area contributed by atoms with Crippen molar-refractivity contribution in [3.05, 3.63) is 23.8 Å². The van der Waals surface area contributed by atoms with E-state index in [1.54, 1.807) is 26.0 Å². The van der Waals surface area contributed by atoms with E-state index in [0.717, 1.165) is 17.1 Å². The number of carbonyl (C=O) groups excluding carboxylic acids is 1. The van der Waals surface area contributed by atoms with E-state index >= 15 is 0 Å². The maximum absolute atomic E-state index is 11.9. The van der Waals surface area contributed by atoms with Crippen molar-refractivity contribution in [1.29, 1.82) is 0 Å². The number of thioether (sulfide) groups is 1. The van der Waals surface area contributed by atoms with Gasteiger partial charge in [-0.3, -0.25) is 10.2 Å². The molecule has 120 valence electrons. The summed E-state index contributed by atoms with van der Waals surface area (Å²) in [5, 5.41) is 3.19. The van der Waals surface area contributed by atoms with Crippen molar-refractivity contribution in [2.24, 2.45) is 5.92 Å². The van der Waals surface area contributed by atoms with Gasteiger partial charge in [0.05, 0.1) is 26.1 Å². The molecule has 1 aromatic carbocycles. The summed E-state index contributed by atoms with van der Waals surface area (Å²) in [5.41, 5.74) is 7.50. The van der Waals surface area contributed by atoms with Crippen LogP contribution in [0.2, 0.25) is 0 Å². The molecule has 3 N–H and O–H groups in total. The van der Waals surface area contributed by atoms with E-state index in [0.29, 0.717) is 5.75 Å². The van der Waals surface area contributed by atoms with Gasteiger partial charge in [-0.15, -0.1) is 11.8 Å². The van der Waals surface area contributed by atoms with E-state index in [4.69, 9.17) is 9.47 Å². The number of rotatable bonds is 3. The second kappa shape index (κ2) is 6.36. The first kappa shape index (κ1) is 15.5. The minimum absolute atomic E-state index is 0.0541. The van der Waals surface area contributed by atoms with Gasteiger partial charge in [-0.05, 0) is 13.0 Å². The maximum atomic E-state index is 11.9. The van der Waals surface area contributed by atoms with Gasteiger partial charge < -0.3 is 14.8 Å². The summed E-state index contributed by atoms with van der Waals surface area (Å²) in [6, 6.07) is 6.11. The molecule has 0 aliphatic carbocycles. The van der Waals surface area contributed by atoms with Crippen molar-refractivity contribution in [2.75, 3.05) is 20.0 Å². The smallest absolute Gasteiger partial charge is 0.231 e. The van der Waals surface area contributed by atoms with Crippen LogP contribution in [-0.4, -0.2) is 38.1 Å². The zero-order valence-corrected chi connectivity index (χ0v) is 13.7. The predicted octanol–water partition coefficient (Wildman–Crippen LogP) is 1.05. The van der Waals surface area contributed by atoms with E-state index in [-0.39, 0.29) is 29.3 Å². The van der Waals surface area contributed by atoms with Gasteiger partial charge in [-0.1, -0.05) is 6.07 Å². The molecule has 2 saturated heterocycles. The lowest BCUT2D eigenvalue weighted by Crippen LogP contribution is -2.46. The Hall–Kier alpha value is -1.44. The SMILES string of the molecule is COc1ccc(C2SCC(=O)NC3NNC(C)C32)c(OC)c1. The Morgan fingerprint density at radius 2 is 2.05 bits per heavy atom. The van der Waals surface area contributed by atoms with Crippen LogP contribution < -0.4 is 25.6 Å². The molecule has 2 heterocycles. The van der Waals surface area contributed by atoms with Gasteiger partial charge in [0.1, 0.15) is 11.5 Å². The third kappa shape index (κ3) is 2.76. The van der Waals surface area contributed by atoms with Gasteiger partial charge >= 0.3 is 0 Å². The molecule has 6 nitrogen and oxygen atoms in total. The van der Waals surface area contributed by atoms with Gasteiger partial charge in [-0.2, -0.15) is 0 Å². The number of nitrogens with one attached hydrogen (secondary N) is 3. The summed E-state index contributed by atoms with van der Waals surface area (Å²) in [5.74, 6) is 2.29. The van der Waals surface area contributed by atoms with Crippen molar-refractivity contribution in [3.63, 3.8) is 0 Å². The molecule has 0 spiro atoms. The first-order valence-corrected chi connectivity index (χ1v) is 8.33. The highest BCUT2D eigenvalue weighted by Gasteiger charge is 2.43. The average molecular weight is 323 g/mol. The Morgan fingerprint density at radius 3 is 2.77 bits per heavy atom. The minimum atomic E-state index is -0.0747. The van der Waals surface area contributed by atoms with E-state index in [1.165, 1.54) is 0 Å². The van der Waals surface area contributed by atoms with Crippen LogP contribution in [0.15, 0.2) is 18.2 Å². The van der Waals surface area contributed by atoms with Crippen molar-refractivity contribution < 1.29 is 14.3 Å². The van der Waals surface area contributed by atoms with Crippen LogP contribution >= 0.6 is 11.8 Å². The van der Waals surface area contributed by atoms with E-state index in [9.17, 15) is 4.79 Å². The molecule has 7 heteroatoms. The van der Waals surface area contributed by atoms with E-state index in [2.05, 4.69) is 23.1 Å². The number of amides is 1. The third-order valence-corrected chi connectivity index (χ3v) is 5.59. The lowest BCUT2D eigenvalue weighted by molar-refractivity contribution is -0.119. The van der Waals surface area contributed by atoms with Crippen LogP contribution in [0, 0.1) is 5.92 Å². The fourth-order valence-corrected chi connectivity index (χ4v) is 4.52. The fourth-order valence-electron chi connectivity index (χ4n) is 3.11. The molecule has 3 rings (SSSR count). The van der Waals surface area contributed by atoms with Gasteiger partial charge in [-0.25, -0.2) is 5.43 Å². The molecule has 1 amide bonds. The number of carbonyl (C=O) groups is 1. The first-order valence-electron chi connectivity index (χ1n) is 7.28. The third-order valence-electron chi connectivity index (χ3n) is 4.24. The number of benzene rings is 1. The van der Waals surface area contributed by atoms with Crippen LogP contribution in [0.3, 0.4) is 0 Å². The molecular formula is C15H21N3O3S. The predicted molar refractivity (Wildman–Crippen MR) is 85.9 cm³/mol. The lowest BCUT2D eigenvalue weighted by Gasteiger charge is -2.28. The second-order valence-electron chi connectivity index (χ2n) is 5.54. The molecule has 2 fully saturated rings. The molecule has 4 atom stereocenters. The van der Waals surface area contributed by atoms with E-state index < -0.39 is 0 Å². The Bertz CT molecular complexity index is 569. The average Bonchev–Trinajstić information content (AvgIpc) is 2.79. The first-order chi connectivity index (χ1) is 10.6. The normalized spacial score (nSPS) is 31.1. The second-order valence-corrected chi connectivity index (χ2v) is 6.67. The van der Waals surface area contributed by atoms with Crippen LogP contribution in [0.1, 0.15) is 17.7 Å². The summed E-state index contributed by atoms with van der Waals surface area (Å²) in [4.78, 5) is 11.9. The van der Waals surface area contributed by atoms with Gasteiger partial charge in [0.15, 0.2) is 0 Å². The highest BCUT2D eigenvalue weighted by atomic mass is 32.2. The molecule has 1 aromatic rings. The van der Waals surface area contributed by atoms with Crippen molar-refractivity contribution in [3.8, 4) is 11.5 Å². The number of ether oxygens (including phenoxy) is 2. The van der Waals surface area contributed by atoms with Crippen molar-refractivity contribution in [1.82, 2.24) is 16.2 Å². The Morgan fingerprint density at radius 1 is 1.23 bits per heavy atom. The monoisotopic (exact) mass is 323 g/mol. The Balaban J connectivity index is 1.99. The summed E-state index contributed by atoms with van der Waals surface area (Å²) in [6.07, 6.45) is -0.0747. The number of methoxy groups -OCH3 is 2. The van der Waals surface area contributed by atoms with Crippen LogP contribution in [0.25, 0.3) is 0 Å². The summed E-state index contributed by atoms with van der Waals surface area (Å²) < 4.78 is 10.8. The summed E-state index contributed by atoms with van der Waals surface area (Å²) >= 11 is 1.66. The van der Waals surface area contributed by atoms with Crippen molar-refractivity contribution in [2.45, 2.75) is 24.4 Å². The molecule has 0 radical (unpaired) electrons. The fraction of sp³-hybridized carbons (Fsp3) is 0.533. The number of fused-ring (bicyclic) bond motifs is 1. The Labute approximate surface area is 134 Å². The molecule has 2 aliphatic heterocycles. The molecule has 2 aliphatic rings. The summed E-state index contributed by atoms with van der Waals surface area (Å²) in [6.45, 7) is 2.12. The van der Waals surface area contributed by atoms with Crippen molar-refractivity contribution >= 4 is 17.7 Å². The standard InChI is InChI=1S/C15H21N3O3S/c1-8-13-14(22-7-12(19)16-15(13)18-17-8)10-5-4-9(20-2)6-11(10)21-3/h4-6,8,13-15,17-18H,7H2,1-3H3,(H,16,19). The molecule has 22 heavy (non-hydrogen) atoms. The van der Waals surface area contributed by atoms with Crippen LogP contribution in [0.4, 0.5) is 0 Å². The zero-order valence-electron chi connectivity index (χ0n) is 12.9. The quantitative estimate of drug-likeness (QED) is 0.772.